The second kappa shape index (κ2) is 19.5. The number of amides is 1. The average Bonchev–Trinajstić information content (AvgIpc) is 3.08. The number of benzene rings is 3. The number of aromatic amines is 5. The summed E-state index contributed by atoms with van der Waals surface area (Å²) in [6.45, 7) is 0. The number of nitrogen functional groups attached to an aromatic ring is 1. The molecule has 288 valence electrons. The Morgan fingerprint density at radius 1 is 0.586 bits per heavy atom. The number of hydrogen-bond donors (Lipinski definition) is 6. The van der Waals surface area contributed by atoms with Crippen molar-refractivity contribution in [3.8, 4) is 0 Å². The van der Waals surface area contributed by atoms with Gasteiger partial charge in [0, 0.05) is 11.3 Å². The van der Waals surface area contributed by atoms with Gasteiger partial charge in [-0.1, -0.05) is 0 Å². The van der Waals surface area contributed by atoms with E-state index in [0.29, 0.717) is 5.69 Å². The van der Waals surface area contributed by atoms with Crippen LogP contribution in [-0.4, -0.2) is 76.7 Å². The van der Waals surface area contributed by atoms with Crippen molar-refractivity contribution in [1.82, 2.24) is 44.9 Å². The first-order valence-electron chi connectivity index (χ1n) is 14.7. The molecule has 0 spiro atoms. The number of carbonyl (C=O) groups excluding carboxylic acids is 1. The molecule has 0 saturated heterocycles. The van der Waals surface area contributed by atoms with Crippen LogP contribution in [0.4, 0.5) is 28.4 Å². The number of hydrogen-bond acceptors (Lipinski definition) is 16. The molecule has 0 saturated carbocycles. The Bertz CT molecular complexity index is 2930. The Kier molecular flexibility index (Phi) is 15.7. The third-order valence-electron chi connectivity index (χ3n) is 6.65. The van der Waals surface area contributed by atoms with Crippen molar-refractivity contribution in [3.05, 3.63) is 115 Å². The Morgan fingerprint density at radius 3 is 1.40 bits per heavy atom. The van der Waals surface area contributed by atoms with Gasteiger partial charge in [-0.2, -0.15) is 24.9 Å². The second-order valence-corrected chi connectivity index (χ2v) is 14.7. The molecule has 3 aromatic carbocycles. The zero-order valence-electron chi connectivity index (χ0n) is 29.1. The zero-order chi connectivity index (χ0) is 40.4. The van der Waals surface area contributed by atoms with E-state index in [1.165, 1.54) is 36.4 Å². The van der Waals surface area contributed by atoms with Gasteiger partial charge in [-0.25, -0.2) is 36.8 Å². The number of anilines is 1. The molecular weight excluding hydrogens is 910 g/mol. The molecule has 3 heterocycles. The van der Waals surface area contributed by atoms with E-state index >= 15 is 0 Å². The Hall–Kier alpha value is -3.86. The van der Waals surface area contributed by atoms with Gasteiger partial charge in [0.2, 0.25) is 49.2 Å². The summed E-state index contributed by atoms with van der Waals surface area (Å²) in [5.74, 6) is -0.763. The minimum absolute atomic E-state index is 0. The van der Waals surface area contributed by atoms with E-state index in [1.54, 1.807) is 0 Å². The number of H-pyrrole nitrogens is 5. The molecule has 6 rings (SSSR count). The van der Waals surface area contributed by atoms with E-state index in [-0.39, 0.29) is 137 Å². The Labute approximate surface area is 387 Å². The van der Waals surface area contributed by atoms with E-state index in [4.69, 9.17) is 52.1 Å². The number of nitrogens with one attached hydrogen (secondary N) is 5. The van der Waals surface area contributed by atoms with E-state index < -0.39 is 35.9 Å². The van der Waals surface area contributed by atoms with Gasteiger partial charge in [0.05, 0.1) is 32.5 Å². The predicted octanol–water partition coefficient (Wildman–Crippen LogP) is -4.41. The summed E-state index contributed by atoms with van der Waals surface area (Å²) < 4.78 is 73.7. The number of carbonyl (C=O) groups is 1. The number of aromatic nitrogens is 9. The molecule has 6 aromatic rings. The first kappa shape index (κ1) is 46.8. The number of halogens is 4. The standard InChI is InChI=1S/C28H19Cl4N15O7S2.2Na/c29-20-39-21(30)42-26(41-20)36-15-7-5-13(9-17(15)55(49,50)51)34-24-45-25(47-28(46-24)38-19(48)11-1-3-12(33)4-2-11)35-14-6-8-16(18(10-14)56(52,53)54)37-27-43-22(31)40-23(32)44-27;;/h1-10H,33H2,(H,49,50,51)(H,52,53,54)(H,36,39,41,42)(H,37,40,43,44)(H3,34,35,38,45,46,47,48);;/q;2*+1/p-2. The topological polar surface area (TPSA) is 350 Å². The SMILES string of the molecule is Nc1ccc(C(=O)N=c2[nH]c(=Nc3ccc(N=c4nc(Cl)nc(Cl)[nH]4)c(S(=O)(=O)[O-])c3)[nH]c(=Nc3ccc(N=c4nc(Cl)nc(Cl)[nH]4)c(S(=O)(=O)[O-])c3)[nH]2)cc1.[Na+].[Na+]. The first-order valence-corrected chi connectivity index (χ1v) is 19.1. The minimum Gasteiger partial charge on any atom is -0.744 e. The molecule has 0 aliphatic rings. The third kappa shape index (κ3) is 12.6. The number of nitrogens with zero attached hydrogens (tertiary/aromatic N) is 9. The van der Waals surface area contributed by atoms with E-state index in [9.17, 15) is 30.7 Å². The van der Waals surface area contributed by atoms with Gasteiger partial charge < -0.3 is 14.8 Å². The molecule has 58 heavy (non-hydrogen) atoms. The third-order valence-corrected chi connectivity index (χ3v) is 9.08. The zero-order valence-corrected chi connectivity index (χ0v) is 37.7. The maximum atomic E-state index is 13.0. The average molecular weight is 927 g/mol. The van der Waals surface area contributed by atoms with E-state index in [2.05, 4.69) is 69.8 Å². The smallest absolute Gasteiger partial charge is 0.744 e. The van der Waals surface area contributed by atoms with Crippen molar-refractivity contribution in [2.45, 2.75) is 9.79 Å². The molecule has 30 heteroatoms. The Balaban J connectivity index is 0.00000372. The largest absolute Gasteiger partial charge is 1.00 e. The van der Waals surface area contributed by atoms with Gasteiger partial charge in [0.15, 0.2) is 0 Å². The fourth-order valence-electron chi connectivity index (χ4n) is 4.40. The van der Waals surface area contributed by atoms with E-state index in [1.807, 2.05) is 0 Å². The number of rotatable bonds is 7. The van der Waals surface area contributed by atoms with Crippen molar-refractivity contribution in [2.75, 3.05) is 5.73 Å². The van der Waals surface area contributed by atoms with Crippen LogP contribution in [0.3, 0.4) is 0 Å². The van der Waals surface area contributed by atoms with Gasteiger partial charge in [-0.3, -0.25) is 29.7 Å². The Morgan fingerprint density at radius 2 is 1.00 bits per heavy atom. The molecule has 22 nitrogen and oxygen atoms in total. The van der Waals surface area contributed by atoms with Crippen molar-refractivity contribution in [1.29, 1.82) is 0 Å². The summed E-state index contributed by atoms with van der Waals surface area (Å²) >= 11 is 23.2. The van der Waals surface area contributed by atoms with Crippen molar-refractivity contribution < 1.29 is 89.9 Å². The fourth-order valence-corrected chi connectivity index (χ4v) is 6.41. The van der Waals surface area contributed by atoms with Crippen LogP contribution in [0.25, 0.3) is 0 Å². The maximum Gasteiger partial charge on any atom is 1.00 e. The van der Waals surface area contributed by atoms with Crippen molar-refractivity contribution in [2.24, 2.45) is 25.0 Å². The molecule has 0 bridgehead atoms. The van der Waals surface area contributed by atoms with Gasteiger partial charge in [0.25, 0.3) is 5.91 Å². The normalized spacial score (nSPS) is 12.9. The molecule has 0 aliphatic carbocycles. The first-order chi connectivity index (χ1) is 26.4. The van der Waals surface area contributed by atoms with Crippen LogP contribution in [0.2, 0.25) is 21.1 Å². The quantitative estimate of drug-likeness (QED) is 0.0502. The van der Waals surface area contributed by atoms with Crippen LogP contribution in [0.5, 0.6) is 0 Å². The minimum atomic E-state index is -5.19. The molecule has 3 aromatic heterocycles. The molecule has 0 atom stereocenters. The molecule has 0 aliphatic heterocycles. The summed E-state index contributed by atoms with van der Waals surface area (Å²) in [5, 5.41) is -1.08. The van der Waals surface area contributed by atoms with Crippen LogP contribution in [0.15, 0.2) is 95.4 Å². The molecule has 1 amide bonds. The van der Waals surface area contributed by atoms with Crippen molar-refractivity contribution in [3.63, 3.8) is 0 Å². The van der Waals surface area contributed by atoms with Gasteiger partial charge in [-0.05, 0) is 107 Å². The number of nitrogens with two attached hydrogens (primary N) is 1. The molecule has 0 fully saturated rings. The van der Waals surface area contributed by atoms with Gasteiger partial charge in [0.1, 0.15) is 20.2 Å². The van der Waals surface area contributed by atoms with Crippen molar-refractivity contribution >= 4 is 101 Å². The van der Waals surface area contributed by atoms with Crippen LogP contribution in [0.1, 0.15) is 10.4 Å². The second-order valence-electron chi connectivity index (χ2n) is 10.6. The summed E-state index contributed by atoms with van der Waals surface area (Å²) in [4.78, 5) is 59.8. The monoisotopic (exact) mass is 925 g/mol. The van der Waals surface area contributed by atoms with Gasteiger partial charge in [-0.15, -0.1) is 0 Å². The molecule has 7 N–H and O–H groups in total. The summed E-state index contributed by atoms with van der Waals surface area (Å²) in [7, 11) is -10.4. The van der Waals surface area contributed by atoms with Gasteiger partial charge >= 0.3 is 59.1 Å². The van der Waals surface area contributed by atoms with Crippen LogP contribution < -0.4 is 92.9 Å². The molecule has 0 unspecified atom stereocenters. The molecule has 0 radical (unpaired) electrons. The van der Waals surface area contributed by atoms with Crippen LogP contribution >= 0.6 is 46.4 Å². The summed E-state index contributed by atoms with van der Waals surface area (Å²) in [6, 6.07) is 12.4. The molecular formula is C28H17Cl4N15Na2O7S2. The summed E-state index contributed by atoms with van der Waals surface area (Å²) in [6.07, 6.45) is 0. The predicted molar refractivity (Wildman–Crippen MR) is 193 cm³/mol. The van der Waals surface area contributed by atoms with Crippen LogP contribution in [0, 0.1) is 0 Å². The maximum absolute atomic E-state index is 13.0. The fraction of sp³-hybridized carbons (Fsp3) is 0. The van der Waals surface area contributed by atoms with Crippen LogP contribution in [-0.2, 0) is 20.2 Å². The van der Waals surface area contributed by atoms with E-state index in [0.717, 1.165) is 24.3 Å². The summed E-state index contributed by atoms with van der Waals surface area (Å²) in [5.41, 5.74) is 3.90.